The van der Waals surface area contributed by atoms with E-state index in [1.807, 2.05) is 12.1 Å². The Hall–Kier alpha value is -2.63. The zero-order valence-corrected chi connectivity index (χ0v) is 15.9. The first-order valence-electron chi connectivity index (χ1n) is 9.11. The standard InChI is InChI=1S/C22H24N2O3/c1-14-5-4-6-15(9-14)21-16(11-24-12-17(25)13-24)10-18-19(26-2)7-8-20(27-3)22(18)23-21/h4-10,17,25H,11-13H2,1-3H3. The number of aryl methyl sites for hydroxylation is 1. The van der Waals surface area contributed by atoms with E-state index in [1.165, 1.54) is 5.56 Å². The Morgan fingerprint density at radius 2 is 1.81 bits per heavy atom. The molecule has 0 bridgehead atoms. The van der Waals surface area contributed by atoms with E-state index in [9.17, 15) is 5.11 Å². The molecule has 0 saturated carbocycles. The van der Waals surface area contributed by atoms with Gasteiger partial charge in [0.25, 0.3) is 0 Å². The van der Waals surface area contributed by atoms with Crippen LogP contribution in [0.4, 0.5) is 0 Å². The first-order valence-corrected chi connectivity index (χ1v) is 9.11. The maximum atomic E-state index is 9.65. The summed E-state index contributed by atoms with van der Waals surface area (Å²) in [5.41, 5.74) is 5.13. The van der Waals surface area contributed by atoms with Gasteiger partial charge in [0.15, 0.2) is 0 Å². The second-order valence-corrected chi connectivity index (χ2v) is 7.08. The number of aliphatic hydroxyl groups is 1. The lowest BCUT2D eigenvalue weighted by Crippen LogP contribution is -2.49. The van der Waals surface area contributed by atoms with Gasteiger partial charge in [0.1, 0.15) is 17.0 Å². The van der Waals surface area contributed by atoms with Crippen molar-refractivity contribution >= 4 is 10.9 Å². The van der Waals surface area contributed by atoms with Gasteiger partial charge in [0.05, 0.1) is 26.0 Å². The molecule has 1 saturated heterocycles. The van der Waals surface area contributed by atoms with Gasteiger partial charge in [0, 0.05) is 30.6 Å². The maximum absolute atomic E-state index is 9.65. The number of likely N-dealkylation sites (tertiary alicyclic amines) is 1. The average Bonchev–Trinajstić information content (AvgIpc) is 2.65. The first-order chi connectivity index (χ1) is 13.1. The average molecular weight is 364 g/mol. The third-order valence-corrected chi connectivity index (χ3v) is 5.05. The van der Waals surface area contributed by atoms with Crippen molar-refractivity contribution in [2.45, 2.75) is 19.6 Å². The van der Waals surface area contributed by atoms with Crippen LogP contribution in [0.1, 0.15) is 11.1 Å². The van der Waals surface area contributed by atoms with Crippen LogP contribution in [0.5, 0.6) is 11.5 Å². The highest BCUT2D eigenvalue weighted by Gasteiger charge is 2.26. The molecule has 0 unspecified atom stereocenters. The molecule has 1 aromatic heterocycles. The van der Waals surface area contributed by atoms with Crippen LogP contribution >= 0.6 is 0 Å². The summed E-state index contributed by atoms with van der Waals surface area (Å²) in [6.45, 7) is 4.21. The molecular formula is C22H24N2O3. The predicted molar refractivity (Wildman–Crippen MR) is 106 cm³/mol. The second kappa shape index (κ2) is 7.18. The minimum atomic E-state index is -0.226. The van der Waals surface area contributed by atoms with Gasteiger partial charge in [-0.3, -0.25) is 4.90 Å². The minimum absolute atomic E-state index is 0.226. The van der Waals surface area contributed by atoms with Gasteiger partial charge in [-0.15, -0.1) is 0 Å². The molecule has 140 valence electrons. The van der Waals surface area contributed by atoms with E-state index in [4.69, 9.17) is 14.5 Å². The van der Waals surface area contributed by atoms with Crippen LogP contribution in [0.2, 0.25) is 0 Å². The van der Waals surface area contributed by atoms with E-state index in [1.54, 1.807) is 14.2 Å². The first kappa shape index (κ1) is 17.8. The van der Waals surface area contributed by atoms with E-state index in [0.717, 1.165) is 45.8 Å². The Balaban J connectivity index is 1.91. The van der Waals surface area contributed by atoms with Crippen molar-refractivity contribution in [3.8, 4) is 22.8 Å². The number of hydrogen-bond donors (Lipinski definition) is 1. The van der Waals surface area contributed by atoms with E-state index in [2.05, 4.69) is 42.2 Å². The van der Waals surface area contributed by atoms with Gasteiger partial charge >= 0.3 is 0 Å². The number of rotatable bonds is 5. The highest BCUT2D eigenvalue weighted by atomic mass is 16.5. The van der Waals surface area contributed by atoms with Gasteiger partial charge in [-0.2, -0.15) is 0 Å². The molecule has 0 atom stereocenters. The summed E-state index contributed by atoms with van der Waals surface area (Å²) in [5.74, 6) is 1.50. The van der Waals surface area contributed by atoms with Gasteiger partial charge < -0.3 is 14.6 Å². The number of methoxy groups -OCH3 is 2. The van der Waals surface area contributed by atoms with Gasteiger partial charge in [-0.1, -0.05) is 23.8 Å². The Kier molecular flexibility index (Phi) is 4.72. The van der Waals surface area contributed by atoms with Crippen molar-refractivity contribution in [1.82, 2.24) is 9.88 Å². The minimum Gasteiger partial charge on any atom is -0.496 e. The largest absolute Gasteiger partial charge is 0.496 e. The Labute approximate surface area is 159 Å². The fourth-order valence-electron chi connectivity index (χ4n) is 3.67. The number of ether oxygens (including phenoxy) is 2. The highest BCUT2D eigenvalue weighted by Crippen LogP contribution is 2.36. The predicted octanol–water partition coefficient (Wildman–Crippen LogP) is 3.40. The van der Waals surface area contributed by atoms with Crippen LogP contribution < -0.4 is 9.47 Å². The fourth-order valence-corrected chi connectivity index (χ4v) is 3.67. The fraction of sp³-hybridized carbons (Fsp3) is 0.318. The summed E-state index contributed by atoms with van der Waals surface area (Å²) < 4.78 is 11.1. The summed E-state index contributed by atoms with van der Waals surface area (Å²) in [6, 6.07) is 14.3. The monoisotopic (exact) mass is 364 g/mol. The topological polar surface area (TPSA) is 54.8 Å². The molecule has 0 radical (unpaired) electrons. The van der Waals surface area contributed by atoms with Crippen LogP contribution in [0.25, 0.3) is 22.2 Å². The lowest BCUT2D eigenvalue weighted by molar-refractivity contribution is -0.00280. The molecule has 3 aromatic rings. The van der Waals surface area contributed by atoms with Gasteiger partial charge in [0.2, 0.25) is 0 Å². The van der Waals surface area contributed by atoms with Gasteiger partial charge in [-0.05, 0) is 36.8 Å². The Morgan fingerprint density at radius 1 is 1.07 bits per heavy atom. The second-order valence-electron chi connectivity index (χ2n) is 7.08. The summed E-state index contributed by atoms with van der Waals surface area (Å²) in [5, 5.41) is 10.6. The van der Waals surface area contributed by atoms with Crippen LogP contribution in [0, 0.1) is 6.92 Å². The number of fused-ring (bicyclic) bond motifs is 1. The summed E-state index contributed by atoms with van der Waals surface area (Å²) in [6.07, 6.45) is -0.226. The number of benzene rings is 2. The molecule has 2 aromatic carbocycles. The highest BCUT2D eigenvalue weighted by molar-refractivity contribution is 5.93. The Morgan fingerprint density at radius 3 is 2.48 bits per heavy atom. The number of hydrogen-bond acceptors (Lipinski definition) is 5. The number of aromatic nitrogens is 1. The molecule has 1 aliphatic rings. The Bertz CT molecular complexity index is 981. The smallest absolute Gasteiger partial charge is 0.145 e. The third-order valence-electron chi connectivity index (χ3n) is 5.05. The molecule has 5 nitrogen and oxygen atoms in total. The van der Waals surface area contributed by atoms with Crippen molar-refractivity contribution in [2.24, 2.45) is 0 Å². The van der Waals surface area contributed by atoms with Crippen LogP contribution in [-0.4, -0.2) is 48.4 Å². The van der Waals surface area contributed by atoms with Crippen molar-refractivity contribution in [3.05, 3.63) is 53.6 Å². The maximum Gasteiger partial charge on any atom is 0.145 e. The molecule has 4 rings (SSSR count). The van der Waals surface area contributed by atoms with Crippen molar-refractivity contribution in [2.75, 3.05) is 27.3 Å². The molecule has 1 fully saturated rings. The number of aliphatic hydroxyl groups excluding tert-OH is 1. The normalized spacial score (nSPS) is 15.0. The number of nitrogens with zero attached hydrogens (tertiary/aromatic N) is 2. The van der Waals surface area contributed by atoms with Crippen LogP contribution in [0.15, 0.2) is 42.5 Å². The molecule has 1 aliphatic heterocycles. The number of β-amino-alcohol motifs (C(OH)–C–C–N with tert-alkyl or cyclic N) is 1. The lowest BCUT2D eigenvalue weighted by Gasteiger charge is -2.36. The molecule has 2 heterocycles. The molecule has 0 aliphatic carbocycles. The zero-order valence-electron chi connectivity index (χ0n) is 15.9. The van der Waals surface area contributed by atoms with Crippen molar-refractivity contribution in [3.63, 3.8) is 0 Å². The van der Waals surface area contributed by atoms with Crippen molar-refractivity contribution in [1.29, 1.82) is 0 Å². The molecule has 0 spiro atoms. The van der Waals surface area contributed by atoms with Crippen molar-refractivity contribution < 1.29 is 14.6 Å². The van der Waals surface area contributed by atoms with E-state index >= 15 is 0 Å². The van der Waals surface area contributed by atoms with Crippen LogP contribution in [-0.2, 0) is 6.54 Å². The van der Waals surface area contributed by atoms with Crippen LogP contribution in [0.3, 0.4) is 0 Å². The summed E-state index contributed by atoms with van der Waals surface area (Å²) in [4.78, 5) is 7.22. The molecule has 0 amide bonds. The summed E-state index contributed by atoms with van der Waals surface area (Å²) in [7, 11) is 3.33. The molecule has 1 N–H and O–H groups in total. The SMILES string of the molecule is COc1ccc(OC)c2nc(-c3cccc(C)c3)c(CN3CC(O)C3)cc12. The lowest BCUT2D eigenvalue weighted by atomic mass is 9.99. The molecule has 27 heavy (non-hydrogen) atoms. The van der Waals surface area contributed by atoms with E-state index in [-0.39, 0.29) is 6.10 Å². The quantitative estimate of drug-likeness (QED) is 0.752. The zero-order chi connectivity index (χ0) is 19.0. The van der Waals surface area contributed by atoms with E-state index in [0.29, 0.717) is 13.1 Å². The third kappa shape index (κ3) is 3.36. The molecular weight excluding hydrogens is 340 g/mol. The molecule has 5 heteroatoms. The summed E-state index contributed by atoms with van der Waals surface area (Å²) >= 11 is 0. The van der Waals surface area contributed by atoms with Gasteiger partial charge in [-0.25, -0.2) is 4.98 Å². The number of pyridine rings is 1. The van der Waals surface area contributed by atoms with E-state index < -0.39 is 0 Å².